The Bertz CT molecular complexity index is 398. The van der Waals surface area contributed by atoms with E-state index in [-0.39, 0.29) is 0 Å². The predicted octanol–water partition coefficient (Wildman–Crippen LogP) is -0.0859. The summed E-state index contributed by atoms with van der Waals surface area (Å²) in [5, 5.41) is 0. The lowest BCUT2D eigenvalue weighted by molar-refractivity contribution is 0.606. The normalized spacial score (nSPS) is 11.1. The number of nitrogens with one attached hydrogen (secondary N) is 1. The highest BCUT2D eigenvalue weighted by Gasteiger charge is 2.03. The van der Waals surface area contributed by atoms with Crippen LogP contribution in [0.3, 0.4) is 0 Å². The third kappa shape index (κ3) is 3.17. The van der Waals surface area contributed by atoms with Crippen LogP contribution in [0.1, 0.15) is 0 Å². The van der Waals surface area contributed by atoms with Crippen molar-refractivity contribution >= 4 is 21.7 Å². The molecular formula is C7H12N4O2S. The van der Waals surface area contributed by atoms with E-state index in [1.54, 1.807) is 19.0 Å². The average Bonchev–Trinajstić information content (AvgIpc) is 2.02. The molecule has 1 N–H and O–H groups in total. The molecule has 0 saturated heterocycles. The quantitative estimate of drug-likeness (QED) is 0.764. The zero-order valence-electron chi connectivity index (χ0n) is 8.22. The Kier molecular flexibility index (Phi) is 2.90. The lowest BCUT2D eigenvalue weighted by Crippen LogP contribution is -2.14. The first-order valence-electron chi connectivity index (χ1n) is 3.85. The highest BCUT2D eigenvalue weighted by atomic mass is 32.2. The Morgan fingerprint density at radius 3 is 2.14 bits per heavy atom. The molecule has 14 heavy (non-hydrogen) atoms. The van der Waals surface area contributed by atoms with E-state index in [1.165, 1.54) is 12.4 Å². The first kappa shape index (κ1) is 10.7. The van der Waals surface area contributed by atoms with Gasteiger partial charge in [0, 0.05) is 14.1 Å². The van der Waals surface area contributed by atoms with Crippen molar-refractivity contribution in [1.29, 1.82) is 0 Å². The molecule has 0 amide bonds. The predicted molar refractivity (Wildman–Crippen MR) is 54.8 cm³/mol. The third-order valence-electron chi connectivity index (χ3n) is 1.34. The second-order valence-corrected chi connectivity index (χ2v) is 4.79. The van der Waals surface area contributed by atoms with Crippen molar-refractivity contribution in [2.75, 3.05) is 30.0 Å². The van der Waals surface area contributed by atoms with Crippen molar-refractivity contribution in [3.63, 3.8) is 0 Å². The summed E-state index contributed by atoms with van der Waals surface area (Å²) in [6.45, 7) is 0. The molecule has 0 fully saturated rings. The van der Waals surface area contributed by atoms with E-state index in [1.807, 2.05) is 0 Å². The molecule has 0 aliphatic rings. The minimum Gasteiger partial charge on any atom is -0.347 e. The van der Waals surface area contributed by atoms with Gasteiger partial charge in [-0.05, 0) is 0 Å². The topological polar surface area (TPSA) is 75.2 Å². The number of aromatic nitrogens is 2. The fourth-order valence-electron chi connectivity index (χ4n) is 0.819. The summed E-state index contributed by atoms with van der Waals surface area (Å²) in [5.74, 6) is 0.532. The molecule has 1 aromatic rings. The second-order valence-electron chi connectivity index (χ2n) is 3.04. The molecule has 0 atom stereocenters. The Hall–Kier alpha value is -1.37. The van der Waals surface area contributed by atoms with Crippen molar-refractivity contribution in [3.05, 3.63) is 12.4 Å². The molecule has 0 saturated carbocycles. The maximum absolute atomic E-state index is 10.8. The fraction of sp³-hybridized carbons (Fsp3) is 0.429. The molecule has 0 aromatic carbocycles. The first-order valence-corrected chi connectivity index (χ1v) is 5.75. The minimum atomic E-state index is -3.25. The largest absolute Gasteiger partial charge is 0.347 e. The summed E-state index contributed by atoms with van der Waals surface area (Å²) in [6.07, 6.45) is 3.92. The number of rotatable bonds is 3. The molecule has 78 valence electrons. The molecule has 7 heteroatoms. The van der Waals surface area contributed by atoms with Gasteiger partial charge in [0.2, 0.25) is 16.0 Å². The van der Waals surface area contributed by atoms with Gasteiger partial charge in [-0.2, -0.15) is 0 Å². The van der Waals surface area contributed by atoms with Gasteiger partial charge in [-0.15, -0.1) is 0 Å². The fourth-order valence-corrected chi connectivity index (χ4v) is 1.35. The molecule has 1 aromatic heterocycles. The van der Waals surface area contributed by atoms with Crippen LogP contribution < -0.4 is 9.62 Å². The van der Waals surface area contributed by atoms with Gasteiger partial charge < -0.3 is 4.90 Å². The number of nitrogens with zero attached hydrogens (tertiary/aromatic N) is 3. The zero-order valence-corrected chi connectivity index (χ0v) is 9.04. The molecule has 0 aliphatic heterocycles. The molecule has 0 bridgehead atoms. The van der Waals surface area contributed by atoms with Crippen LogP contribution in [0.15, 0.2) is 12.4 Å². The van der Waals surface area contributed by atoms with Gasteiger partial charge in [-0.3, -0.25) is 4.72 Å². The van der Waals surface area contributed by atoms with Gasteiger partial charge in [0.15, 0.2) is 0 Å². The summed E-state index contributed by atoms with van der Waals surface area (Å²) in [4.78, 5) is 9.63. The molecule has 0 radical (unpaired) electrons. The average molecular weight is 216 g/mol. The number of hydrogen-bond acceptors (Lipinski definition) is 5. The van der Waals surface area contributed by atoms with Gasteiger partial charge in [-0.1, -0.05) is 0 Å². The Morgan fingerprint density at radius 2 is 1.79 bits per heavy atom. The summed E-state index contributed by atoms with van der Waals surface area (Å²) in [6, 6.07) is 0. The van der Waals surface area contributed by atoms with E-state index < -0.39 is 10.0 Å². The molecular weight excluding hydrogens is 204 g/mol. The van der Waals surface area contributed by atoms with E-state index in [0.717, 1.165) is 6.26 Å². The van der Waals surface area contributed by atoms with Crippen LogP contribution in [0.25, 0.3) is 0 Å². The van der Waals surface area contributed by atoms with E-state index in [0.29, 0.717) is 11.6 Å². The van der Waals surface area contributed by atoms with Gasteiger partial charge in [-0.25, -0.2) is 18.4 Å². The molecule has 0 spiro atoms. The highest BCUT2D eigenvalue weighted by Crippen LogP contribution is 2.08. The summed E-state index contributed by atoms with van der Waals surface area (Å²) >= 11 is 0. The van der Waals surface area contributed by atoms with Crippen LogP contribution in [0.5, 0.6) is 0 Å². The van der Waals surface area contributed by atoms with Gasteiger partial charge in [0.05, 0.1) is 24.3 Å². The van der Waals surface area contributed by atoms with Gasteiger partial charge in [0.1, 0.15) is 0 Å². The van der Waals surface area contributed by atoms with Crippen LogP contribution in [0.2, 0.25) is 0 Å². The zero-order chi connectivity index (χ0) is 10.8. The molecule has 0 aliphatic carbocycles. The smallest absolute Gasteiger partial charge is 0.229 e. The van der Waals surface area contributed by atoms with Crippen molar-refractivity contribution in [2.24, 2.45) is 0 Å². The lowest BCUT2D eigenvalue weighted by atomic mass is 10.6. The van der Waals surface area contributed by atoms with Crippen LogP contribution in [0, 0.1) is 0 Å². The molecule has 6 nitrogen and oxygen atoms in total. The number of sulfonamides is 1. The van der Waals surface area contributed by atoms with E-state index in [2.05, 4.69) is 14.7 Å². The van der Waals surface area contributed by atoms with Gasteiger partial charge in [0.25, 0.3) is 0 Å². The van der Waals surface area contributed by atoms with Crippen molar-refractivity contribution in [2.45, 2.75) is 0 Å². The van der Waals surface area contributed by atoms with Crippen LogP contribution >= 0.6 is 0 Å². The summed E-state index contributed by atoms with van der Waals surface area (Å²) < 4.78 is 24.0. The SMILES string of the molecule is CN(C)c1ncc(NS(C)(=O)=O)cn1. The van der Waals surface area contributed by atoms with E-state index >= 15 is 0 Å². The van der Waals surface area contributed by atoms with Gasteiger partial charge >= 0.3 is 0 Å². The van der Waals surface area contributed by atoms with Crippen LogP contribution in [-0.4, -0.2) is 38.7 Å². The number of hydrogen-bond donors (Lipinski definition) is 1. The standard InChI is InChI=1S/C7H12N4O2S/c1-11(2)7-8-4-6(5-9-7)10-14(3,12)13/h4-5,10H,1-3H3. The van der Waals surface area contributed by atoms with Crippen LogP contribution in [0.4, 0.5) is 11.6 Å². The lowest BCUT2D eigenvalue weighted by Gasteiger charge is -2.09. The summed E-state index contributed by atoms with van der Waals surface area (Å²) in [7, 11) is 0.355. The van der Waals surface area contributed by atoms with Crippen LogP contribution in [-0.2, 0) is 10.0 Å². The Labute approximate surface area is 83.0 Å². The monoisotopic (exact) mass is 216 g/mol. The first-order chi connectivity index (χ1) is 6.38. The Morgan fingerprint density at radius 1 is 1.29 bits per heavy atom. The van der Waals surface area contributed by atoms with Crippen molar-refractivity contribution < 1.29 is 8.42 Å². The second kappa shape index (κ2) is 3.79. The Balaban J connectivity index is 2.84. The minimum absolute atomic E-state index is 0.359. The van der Waals surface area contributed by atoms with Crippen molar-refractivity contribution in [3.8, 4) is 0 Å². The maximum atomic E-state index is 10.8. The number of anilines is 2. The highest BCUT2D eigenvalue weighted by molar-refractivity contribution is 7.92. The third-order valence-corrected chi connectivity index (χ3v) is 1.95. The molecule has 0 unspecified atom stereocenters. The van der Waals surface area contributed by atoms with E-state index in [9.17, 15) is 8.42 Å². The summed E-state index contributed by atoms with van der Waals surface area (Å²) in [5.41, 5.74) is 0.359. The molecule has 1 rings (SSSR count). The molecule has 1 heterocycles. The van der Waals surface area contributed by atoms with Crippen molar-refractivity contribution in [1.82, 2.24) is 9.97 Å². The van der Waals surface area contributed by atoms with E-state index in [4.69, 9.17) is 0 Å². The maximum Gasteiger partial charge on any atom is 0.229 e.